The van der Waals surface area contributed by atoms with Crippen LogP contribution in [0.15, 0.2) is 23.2 Å². The molecule has 7 heteroatoms. The second kappa shape index (κ2) is 8.96. The molecule has 0 unspecified atom stereocenters. The normalized spacial score (nSPS) is 11.8. The van der Waals surface area contributed by atoms with Crippen molar-refractivity contribution in [3.8, 4) is 0 Å². The van der Waals surface area contributed by atoms with Crippen LogP contribution in [0.5, 0.6) is 0 Å². The number of aromatic nitrogens is 1. The van der Waals surface area contributed by atoms with Crippen LogP contribution in [0.25, 0.3) is 0 Å². The van der Waals surface area contributed by atoms with E-state index in [9.17, 15) is 8.42 Å². The van der Waals surface area contributed by atoms with E-state index >= 15 is 0 Å². The molecule has 0 amide bonds. The van der Waals surface area contributed by atoms with Crippen molar-refractivity contribution in [1.29, 1.82) is 0 Å². The Morgan fingerprint density at radius 1 is 1.24 bits per heavy atom. The van der Waals surface area contributed by atoms with Crippen molar-refractivity contribution in [1.82, 2.24) is 9.71 Å². The average molecular weight is 314 g/mol. The fourth-order valence-electron chi connectivity index (χ4n) is 2.03. The summed E-state index contributed by atoms with van der Waals surface area (Å²) >= 11 is 0. The Labute approximate surface area is 127 Å². The Balaban J connectivity index is 2.37. The van der Waals surface area contributed by atoms with Gasteiger partial charge in [0.05, 0.1) is 0 Å². The van der Waals surface area contributed by atoms with Gasteiger partial charge in [0.1, 0.15) is 4.90 Å². The first kappa shape index (κ1) is 17.9. The maximum atomic E-state index is 12.1. The highest BCUT2D eigenvalue weighted by molar-refractivity contribution is 7.89. The molecule has 0 saturated heterocycles. The van der Waals surface area contributed by atoms with Crippen molar-refractivity contribution in [2.45, 2.75) is 50.8 Å². The molecule has 0 aliphatic carbocycles. The van der Waals surface area contributed by atoms with Gasteiger partial charge in [0.2, 0.25) is 10.0 Å². The van der Waals surface area contributed by atoms with Gasteiger partial charge in [-0.05, 0) is 24.5 Å². The lowest BCUT2D eigenvalue weighted by Gasteiger charge is -2.10. The zero-order valence-corrected chi connectivity index (χ0v) is 13.6. The molecule has 1 aromatic rings. The number of nitrogens with one attached hydrogen (secondary N) is 2. The standard InChI is InChI=1S/C14H26N4O2S/c1-12(2)8-5-3-4-6-11-17-21(19,20)13-9-7-10-16-14(13)18-15/h7,9-10,12,17H,3-6,8,11,15H2,1-2H3,(H,16,18). The van der Waals surface area contributed by atoms with E-state index in [4.69, 9.17) is 5.84 Å². The monoisotopic (exact) mass is 314 g/mol. The summed E-state index contributed by atoms with van der Waals surface area (Å²) in [5, 5.41) is 0. The van der Waals surface area contributed by atoms with Gasteiger partial charge in [-0.25, -0.2) is 24.0 Å². The molecular formula is C14H26N4O2S. The van der Waals surface area contributed by atoms with Crippen LogP contribution in [0.3, 0.4) is 0 Å². The number of unbranched alkanes of at least 4 members (excludes halogenated alkanes) is 3. The summed E-state index contributed by atoms with van der Waals surface area (Å²) < 4.78 is 26.9. The van der Waals surface area contributed by atoms with Gasteiger partial charge in [-0.1, -0.05) is 39.5 Å². The van der Waals surface area contributed by atoms with Crippen molar-refractivity contribution in [3.63, 3.8) is 0 Å². The van der Waals surface area contributed by atoms with E-state index in [0.29, 0.717) is 6.54 Å². The van der Waals surface area contributed by atoms with Gasteiger partial charge < -0.3 is 5.43 Å². The maximum Gasteiger partial charge on any atom is 0.244 e. The number of anilines is 1. The second-order valence-electron chi connectivity index (χ2n) is 5.49. The topological polar surface area (TPSA) is 97.1 Å². The smallest absolute Gasteiger partial charge is 0.244 e. The lowest BCUT2D eigenvalue weighted by molar-refractivity contribution is 0.517. The molecule has 0 spiro atoms. The molecule has 6 nitrogen and oxygen atoms in total. The van der Waals surface area contributed by atoms with Crippen molar-refractivity contribution >= 4 is 15.8 Å². The number of rotatable bonds is 10. The van der Waals surface area contributed by atoms with Crippen LogP contribution in [0.2, 0.25) is 0 Å². The number of hydrazine groups is 1. The van der Waals surface area contributed by atoms with Gasteiger partial charge in [-0.15, -0.1) is 0 Å². The second-order valence-corrected chi connectivity index (χ2v) is 7.22. The summed E-state index contributed by atoms with van der Waals surface area (Å²) in [6.07, 6.45) is 6.93. The van der Waals surface area contributed by atoms with E-state index in [1.54, 1.807) is 6.07 Å². The highest BCUT2D eigenvalue weighted by Crippen LogP contribution is 2.16. The zero-order valence-electron chi connectivity index (χ0n) is 12.8. The van der Waals surface area contributed by atoms with E-state index in [1.807, 2.05) is 0 Å². The van der Waals surface area contributed by atoms with E-state index in [1.165, 1.54) is 25.1 Å². The molecule has 0 fully saturated rings. The SMILES string of the molecule is CC(C)CCCCCCNS(=O)(=O)c1cccnc1NN. The van der Waals surface area contributed by atoms with Crippen molar-refractivity contribution in [2.24, 2.45) is 11.8 Å². The van der Waals surface area contributed by atoms with Crippen LogP contribution in [0, 0.1) is 5.92 Å². The first-order chi connectivity index (χ1) is 9.97. The first-order valence-corrected chi connectivity index (χ1v) is 8.87. The molecule has 0 saturated carbocycles. The van der Waals surface area contributed by atoms with Crippen molar-refractivity contribution in [3.05, 3.63) is 18.3 Å². The van der Waals surface area contributed by atoms with Crippen molar-refractivity contribution < 1.29 is 8.42 Å². The molecule has 0 aromatic carbocycles. The molecule has 120 valence electrons. The Morgan fingerprint density at radius 3 is 2.62 bits per heavy atom. The number of hydrogen-bond acceptors (Lipinski definition) is 5. The summed E-state index contributed by atoms with van der Waals surface area (Å²) in [7, 11) is -3.56. The highest BCUT2D eigenvalue weighted by atomic mass is 32.2. The number of hydrogen-bond donors (Lipinski definition) is 3. The third-order valence-electron chi connectivity index (χ3n) is 3.20. The predicted molar refractivity (Wildman–Crippen MR) is 85.2 cm³/mol. The summed E-state index contributed by atoms with van der Waals surface area (Å²) in [4.78, 5) is 3.97. The molecule has 1 heterocycles. The number of nitrogens with two attached hydrogens (primary N) is 1. The van der Waals surface area contributed by atoms with Gasteiger partial charge >= 0.3 is 0 Å². The number of sulfonamides is 1. The van der Waals surface area contributed by atoms with Gasteiger partial charge in [-0.2, -0.15) is 0 Å². The fraction of sp³-hybridized carbons (Fsp3) is 0.643. The van der Waals surface area contributed by atoms with Crippen LogP contribution >= 0.6 is 0 Å². The quantitative estimate of drug-likeness (QED) is 0.349. The van der Waals surface area contributed by atoms with E-state index in [2.05, 4.69) is 29.0 Å². The summed E-state index contributed by atoms with van der Waals surface area (Å²) in [5.74, 6) is 6.16. The molecule has 0 aliphatic rings. The number of nitrogens with zero attached hydrogens (tertiary/aromatic N) is 1. The Kier molecular flexibility index (Phi) is 7.63. The Bertz CT molecular complexity index is 517. The van der Waals surface area contributed by atoms with Crippen LogP contribution in [-0.2, 0) is 10.0 Å². The molecule has 0 atom stereocenters. The minimum absolute atomic E-state index is 0.0762. The number of nitrogen functional groups attached to an aromatic ring is 1. The van der Waals surface area contributed by atoms with Crippen molar-refractivity contribution in [2.75, 3.05) is 12.0 Å². The van der Waals surface area contributed by atoms with Gasteiger partial charge in [-0.3, -0.25) is 0 Å². The van der Waals surface area contributed by atoms with E-state index in [0.717, 1.165) is 25.2 Å². The van der Waals surface area contributed by atoms with E-state index in [-0.39, 0.29) is 10.7 Å². The van der Waals surface area contributed by atoms with Crippen LogP contribution in [-0.4, -0.2) is 19.9 Å². The Morgan fingerprint density at radius 2 is 1.95 bits per heavy atom. The molecule has 1 aromatic heterocycles. The molecule has 21 heavy (non-hydrogen) atoms. The van der Waals surface area contributed by atoms with Gasteiger partial charge in [0.15, 0.2) is 5.82 Å². The zero-order chi connectivity index (χ0) is 15.7. The van der Waals surface area contributed by atoms with Gasteiger partial charge in [0, 0.05) is 12.7 Å². The molecule has 4 N–H and O–H groups in total. The third kappa shape index (κ3) is 6.41. The highest BCUT2D eigenvalue weighted by Gasteiger charge is 2.18. The number of pyridine rings is 1. The predicted octanol–water partition coefficient (Wildman–Crippen LogP) is 2.25. The largest absolute Gasteiger partial charge is 0.307 e. The molecule has 0 aliphatic heterocycles. The fourth-order valence-corrected chi connectivity index (χ4v) is 3.22. The van der Waals surface area contributed by atoms with Gasteiger partial charge in [0.25, 0.3) is 0 Å². The lowest BCUT2D eigenvalue weighted by Crippen LogP contribution is -2.26. The Hall–Kier alpha value is -1.18. The molecular weight excluding hydrogens is 288 g/mol. The molecule has 1 rings (SSSR count). The summed E-state index contributed by atoms with van der Waals surface area (Å²) in [6.45, 7) is 4.86. The molecule has 0 radical (unpaired) electrons. The lowest BCUT2D eigenvalue weighted by atomic mass is 10.0. The minimum Gasteiger partial charge on any atom is -0.307 e. The average Bonchev–Trinajstić information content (AvgIpc) is 2.45. The molecule has 0 bridgehead atoms. The van der Waals surface area contributed by atoms with Crippen LogP contribution in [0.4, 0.5) is 5.82 Å². The third-order valence-corrected chi connectivity index (χ3v) is 4.69. The maximum absolute atomic E-state index is 12.1. The minimum atomic E-state index is -3.56. The van der Waals surface area contributed by atoms with Crippen LogP contribution < -0.4 is 16.0 Å². The van der Waals surface area contributed by atoms with E-state index < -0.39 is 10.0 Å². The first-order valence-electron chi connectivity index (χ1n) is 7.38. The van der Waals surface area contributed by atoms with Crippen LogP contribution in [0.1, 0.15) is 46.0 Å². The summed E-state index contributed by atoms with van der Waals surface area (Å²) in [6, 6.07) is 3.05. The summed E-state index contributed by atoms with van der Waals surface area (Å²) in [5.41, 5.74) is 2.30.